The first-order valence-corrected chi connectivity index (χ1v) is 21.2. The molecule has 3 heterocycles. The van der Waals surface area contributed by atoms with Gasteiger partial charge in [0.25, 0.3) is 5.56 Å². The van der Waals surface area contributed by atoms with Crippen LogP contribution in [-0.2, 0) is 36.2 Å². The van der Waals surface area contributed by atoms with Crippen LogP contribution in [0.15, 0.2) is 114 Å². The maximum atomic E-state index is 13.9. The van der Waals surface area contributed by atoms with Gasteiger partial charge in [0.05, 0.1) is 33.3 Å². The summed E-state index contributed by atoms with van der Waals surface area (Å²) < 4.78 is 38.2. The van der Waals surface area contributed by atoms with Crippen LogP contribution in [-0.4, -0.2) is 58.5 Å². The van der Waals surface area contributed by atoms with Crippen LogP contribution >= 0.6 is 18.3 Å². The topological polar surface area (TPSA) is 171 Å². The zero-order valence-electron chi connectivity index (χ0n) is 31.9. The quantitative estimate of drug-likeness (QED) is 0.0827. The van der Waals surface area contributed by atoms with Crippen LogP contribution in [0.3, 0.4) is 0 Å². The number of hydrogen-bond donors (Lipinski definition) is 2. The van der Waals surface area contributed by atoms with Crippen LogP contribution in [0.5, 0.6) is 17.2 Å². The summed E-state index contributed by atoms with van der Waals surface area (Å²) in [5.41, 5.74) is 0.716. The van der Waals surface area contributed by atoms with E-state index in [9.17, 15) is 14.5 Å². The van der Waals surface area contributed by atoms with Crippen molar-refractivity contribution in [2.24, 2.45) is 5.92 Å². The lowest BCUT2D eigenvalue weighted by atomic mass is 9.80. The van der Waals surface area contributed by atoms with Gasteiger partial charge >= 0.3 is 0 Å². The molecule has 14 nitrogen and oxygen atoms in total. The number of hydrogen-bond acceptors (Lipinski definition) is 12. The van der Waals surface area contributed by atoms with Gasteiger partial charge in [0.15, 0.2) is 17.9 Å². The number of H-pyrrole nitrogens is 1. The molecule has 0 aliphatic carbocycles. The third kappa shape index (κ3) is 8.81. The van der Waals surface area contributed by atoms with Gasteiger partial charge < -0.3 is 32.9 Å². The fourth-order valence-electron chi connectivity index (χ4n) is 6.68. The van der Waals surface area contributed by atoms with E-state index in [4.69, 9.17) is 51.4 Å². The summed E-state index contributed by atoms with van der Waals surface area (Å²) in [5, 5.41) is 3.09. The number of halogens is 1. The number of amides is 1. The number of imidazole rings is 1. The lowest BCUT2D eigenvalue weighted by molar-refractivity contribution is -0.205. The molecule has 2 aromatic heterocycles. The Labute approximate surface area is 344 Å². The predicted molar refractivity (Wildman–Crippen MR) is 220 cm³/mol. The average Bonchev–Trinajstić information content (AvgIpc) is 3.83. The molecule has 6 aromatic rings. The normalized spacial score (nSPS) is 17.9. The van der Waals surface area contributed by atoms with Crippen molar-refractivity contribution >= 4 is 53.1 Å². The second-order valence-electron chi connectivity index (χ2n) is 13.7. The summed E-state index contributed by atoms with van der Waals surface area (Å²) in [5.74, 6) is 0.754. The summed E-state index contributed by atoms with van der Waals surface area (Å²) in [6.07, 6.45) is -1.29. The van der Waals surface area contributed by atoms with Crippen molar-refractivity contribution in [2.45, 2.75) is 44.3 Å². The number of methoxy groups -OCH3 is 2. The number of anilines is 1. The Morgan fingerprint density at radius 1 is 0.966 bits per heavy atom. The number of fused-ring (bicyclic) bond motifs is 1. The van der Waals surface area contributed by atoms with E-state index in [2.05, 4.69) is 20.3 Å². The number of benzene rings is 4. The molecule has 1 aliphatic heterocycles. The van der Waals surface area contributed by atoms with Gasteiger partial charge in [0, 0.05) is 17.4 Å². The summed E-state index contributed by atoms with van der Waals surface area (Å²) in [6.45, 7) is -0.921. The van der Waals surface area contributed by atoms with Crippen LogP contribution in [0.4, 0.5) is 5.95 Å². The summed E-state index contributed by atoms with van der Waals surface area (Å²) in [4.78, 5) is 50.9. The zero-order valence-corrected chi connectivity index (χ0v) is 34.3. The van der Waals surface area contributed by atoms with Gasteiger partial charge in [-0.05, 0) is 77.0 Å². The molecular formula is C41H40ClN5O9PS-. The molecule has 2 N–H and O–H groups in total. The molecule has 17 heteroatoms. The largest absolute Gasteiger partial charge is 0.770 e. The first kappa shape index (κ1) is 41.1. The monoisotopic (exact) mass is 844 g/mol. The van der Waals surface area contributed by atoms with E-state index in [1.54, 1.807) is 44.8 Å². The molecule has 1 aliphatic rings. The number of nitrogens with zero attached hydrogens (tertiary/aromatic N) is 3. The molecule has 0 bridgehead atoms. The highest BCUT2D eigenvalue weighted by atomic mass is 35.5. The Kier molecular flexibility index (Phi) is 12.3. The lowest BCUT2D eigenvalue weighted by Gasteiger charge is -2.38. The van der Waals surface area contributed by atoms with E-state index >= 15 is 0 Å². The van der Waals surface area contributed by atoms with E-state index < -0.39 is 36.3 Å². The maximum absolute atomic E-state index is 13.9. The van der Waals surface area contributed by atoms with Crippen molar-refractivity contribution in [3.8, 4) is 17.2 Å². The van der Waals surface area contributed by atoms with E-state index in [-0.39, 0.29) is 47.7 Å². The third-order valence-corrected chi connectivity index (χ3v) is 11.3. The van der Waals surface area contributed by atoms with Gasteiger partial charge in [0.2, 0.25) is 11.9 Å². The van der Waals surface area contributed by atoms with Crippen molar-refractivity contribution in [1.29, 1.82) is 0 Å². The number of carbonyl (C=O) groups is 1. The minimum Gasteiger partial charge on any atom is -0.770 e. The fraction of sp³-hybridized carbons (Fsp3) is 0.268. The molecule has 1 unspecified atom stereocenters. The molecule has 7 rings (SSSR count). The molecule has 4 atom stereocenters. The Bertz CT molecular complexity index is 2420. The lowest BCUT2D eigenvalue weighted by Crippen LogP contribution is -2.38. The van der Waals surface area contributed by atoms with Crippen LogP contribution < -0.4 is 29.8 Å². The standard InChI is InChI=1S/C41H41ClN5O9PS/c1-25(2)38(48)45-40-44-37-36(39(49)46-40)43-24-47(37)35-22-33(56-57(50,58)55-32-20-14-29(42)15-21-32)34(54-35)23-53-41(26-8-6-5-7-9-26,27-10-16-30(51-3)17-11-27)28-12-18-31(52-4)19-13-28/h5-21,24-25,33-35H,22-23H2,1-4H3,(H,50,58)(H2,44,45,46,48,49)/p-1/t33-,34+,35+,57?/m0/s1. The van der Waals surface area contributed by atoms with Crippen LogP contribution in [0, 0.1) is 5.92 Å². The number of carbonyl (C=O) groups excluding carboxylic acids is 1. The molecule has 1 fully saturated rings. The van der Waals surface area contributed by atoms with E-state index in [0.29, 0.717) is 16.5 Å². The fourth-order valence-corrected chi connectivity index (χ4v) is 8.37. The minimum absolute atomic E-state index is 0.0189. The Morgan fingerprint density at radius 2 is 1.55 bits per heavy atom. The van der Waals surface area contributed by atoms with Crippen LogP contribution in [0.2, 0.25) is 5.02 Å². The zero-order chi connectivity index (χ0) is 41.0. The van der Waals surface area contributed by atoms with Crippen molar-refractivity contribution in [2.75, 3.05) is 26.1 Å². The highest BCUT2D eigenvalue weighted by Gasteiger charge is 2.44. The van der Waals surface area contributed by atoms with E-state index in [1.165, 1.54) is 18.5 Å². The van der Waals surface area contributed by atoms with Crippen LogP contribution in [0.25, 0.3) is 11.2 Å². The smallest absolute Gasteiger partial charge is 0.280 e. The van der Waals surface area contributed by atoms with Crippen LogP contribution in [0.1, 0.15) is 43.2 Å². The summed E-state index contributed by atoms with van der Waals surface area (Å²) in [7, 11) is 3.19. The van der Waals surface area contributed by atoms with Gasteiger partial charge in [-0.3, -0.25) is 24.5 Å². The van der Waals surface area contributed by atoms with E-state index in [1.807, 2.05) is 78.9 Å². The molecule has 0 saturated carbocycles. The highest BCUT2D eigenvalue weighted by molar-refractivity contribution is 8.06. The second kappa shape index (κ2) is 17.4. The first-order chi connectivity index (χ1) is 27.9. The minimum atomic E-state index is -4.23. The molecule has 1 amide bonds. The highest BCUT2D eigenvalue weighted by Crippen LogP contribution is 2.48. The maximum Gasteiger partial charge on any atom is 0.280 e. The predicted octanol–water partition coefficient (Wildman–Crippen LogP) is 6.73. The second-order valence-corrected chi connectivity index (χ2v) is 16.8. The van der Waals surface area contributed by atoms with Gasteiger partial charge in [-0.2, -0.15) is 4.98 Å². The third-order valence-electron chi connectivity index (χ3n) is 9.62. The Morgan fingerprint density at radius 3 is 2.14 bits per heavy atom. The van der Waals surface area contributed by atoms with Crippen molar-refractivity contribution in [3.05, 3.63) is 142 Å². The number of ether oxygens (including phenoxy) is 4. The SMILES string of the molecule is COc1ccc(C(OC[C@H]2O[C@@H](n3cnc4c(=O)[nH]c(NC(=O)C(C)C)nc43)C[C@@H]2OP([O-])(=S)Oc2ccc(Cl)cc2)(c2ccccc2)c2ccc(OC)cc2)cc1. The molecule has 302 valence electrons. The van der Waals surface area contributed by atoms with Gasteiger partial charge in [-0.15, -0.1) is 0 Å². The number of rotatable bonds is 15. The Balaban J connectivity index is 1.29. The van der Waals surface area contributed by atoms with Gasteiger partial charge in [-0.25, -0.2) is 4.98 Å². The summed E-state index contributed by atoms with van der Waals surface area (Å²) in [6, 6.07) is 31.0. The Hall–Kier alpha value is -5.12. The first-order valence-electron chi connectivity index (χ1n) is 18.3. The van der Waals surface area contributed by atoms with Gasteiger partial charge in [-0.1, -0.05) is 80.0 Å². The molecule has 1 saturated heterocycles. The number of aromatic amines is 1. The van der Waals surface area contributed by atoms with Crippen molar-refractivity contribution in [3.63, 3.8) is 0 Å². The molecule has 58 heavy (non-hydrogen) atoms. The van der Waals surface area contributed by atoms with E-state index in [0.717, 1.165) is 16.7 Å². The van der Waals surface area contributed by atoms with Gasteiger partial charge in [0.1, 0.15) is 35.2 Å². The summed E-state index contributed by atoms with van der Waals surface area (Å²) >= 11 is 11.5. The number of aromatic nitrogens is 4. The van der Waals surface area contributed by atoms with Crippen molar-refractivity contribution in [1.82, 2.24) is 19.5 Å². The number of nitrogens with one attached hydrogen (secondary N) is 2. The molecule has 0 spiro atoms. The molecule has 0 radical (unpaired) electrons. The van der Waals surface area contributed by atoms with Crippen molar-refractivity contribution < 1.29 is 37.7 Å². The molecule has 4 aromatic carbocycles. The molecular weight excluding hydrogens is 805 g/mol. The average molecular weight is 845 g/mol.